The molecular formula is C11H16O5. The summed E-state index contributed by atoms with van der Waals surface area (Å²) in [7, 11) is 1.32. The Kier molecular flexibility index (Phi) is 2.77. The first-order chi connectivity index (χ1) is 7.43. The second kappa shape index (κ2) is 3.84. The summed E-state index contributed by atoms with van der Waals surface area (Å²) in [6.07, 6.45) is 0.410. The summed E-state index contributed by atoms with van der Waals surface area (Å²) in [5, 5.41) is 9.87. The van der Waals surface area contributed by atoms with E-state index in [-0.39, 0.29) is 12.5 Å². The lowest BCUT2D eigenvalue weighted by atomic mass is 9.92. The minimum absolute atomic E-state index is 0.243. The Morgan fingerprint density at radius 2 is 2.25 bits per heavy atom. The van der Waals surface area contributed by atoms with Crippen molar-refractivity contribution in [1.82, 2.24) is 0 Å². The van der Waals surface area contributed by atoms with Crippen molar-refractivity contribution in [2.75, 3.05) is 7.11 Å². The normalized spacial score (nSPS) is 36.5. The van der Waals surface area contributed by atoms with E-state index in [9.17, 15) is 9.90 Å². The zero-order valence-corrected chi connectivity index (χ0v) is 9.60. The van der Waals surface area contributed by atoms with Gasteiger partial charge in [-0.05, 0) is 19.9 Å². The van der Waals surface area contributed by atoms with Gasteiger partial charge in [-0.1, -0.05) is 0 Å². The second-order valence-electron chi connectivity index (χ2n) is 4.52. The van der Waals surface area contributed by atoms with E-state index in [4.69, 9.17) is 9.47 Å². The first-order valence-corrected chi connectivity index (χ1v) is 5.25. The molecule has 1 saturated heterocycles. The van der Waals surface area contributed by atoms with Crippen LogP contribution in [0.1, 0.15) is 20.3 Å². The maximum absolute atomic E-state index is 11.4. The SMILES string of the molecule is COC(=O)C1=C[C@@H]2OC(C)(C)O[C@@H]2[C@H](O)C1. The summed E-state index contributed by atoms with van der Waals surface area (Å²) >= 11 is 0. The van der Waals surface area contributed by atoms with Gasteiger partial charge in [0, 0.05) is 12.0 Å². The molecule has 5 nitrogen and oxygen atoms in total. The van der Waals surface area contributed by atoms with Gasteiger partial charge < -0.3 is 19.3 Å². The monoisotopic (exact) mass is 228 g/mol. The Balaban J connectivity index is 2.21. The Labute approximate surface area is 94.0 Å². The quantitative estimate of drug-likeness (QED) is 0.657. The molecule has 2 rings (SSSR count). The topological polar surface area (TPSA) is 65.0 Å². The van der Waals surface area contributed by atoms with Gasteiger partial charge in [0.25, 0.3) is 0 Å². The molecule has 2 aliphatic rings. The lowest BCUT2D eigenvalue weighted by molar-refractivity contribution is -0.152. The van der Waals surface area contributed by atoms with Gasteiger partial charge >= 0.3 is 5.97 Å². The van der Waals surface area contributed by atoms with Crippen LogP contribution < -0.4 is 0 Å². The first-order valence-electron chi connectivity index (χ1n) is 5.25. The van der Waals surface area contributed by atoms with E-state index in [1.807, 2.05) is 0 Å². The van der Waals surface area contributed by atoms with E-state index in [1.54, 1.807) is 19.9 Å². The largest absolute Gasteiger partial charge is 0.466 e. The number of hydrogen-bond donors (Lipinski definition) is 1. The van der Waals surface area contributed by atoms with Crippen molar-refractivity contribution >= 4 is 5.97 Å². The van der Waals surface area contributed by atoms with Crippen molar-refractivity contribution in [1.29, 1.82) is 0 Å². The van der Waals surface area contributed by atoms with E-state index in [1.165, 1.54) is 7.11 Å². The van der Waals surface area contributed by atoms with E-state index in [2.05, 4.69) is 4.74 Å². The Morgan fingerprint density at radius 3 is 2.88 bits per heavy atom. The summed E-state index contributed by atoms with van der Waals surface area (Å²) in [4.78, 5) is 11.4. The highest BCUT2D eigenvalue weighted by molar-refractivity contribution is 5.88. The summed E-state index contributed by atoms with van der Waals surface area (Å²) in [5.74, 6) is -1.15. The maximum atomic E-state index is 11.4. The Morgan fingerprint density at radius 1 is 1.56 bits per heavy atom. The Bertz CT molecular complexity index is 333. The van der Waals surface area contributed by atoms with Crippen LogP contribution in [0.4, 0.5) is 0 Å². The molecule has 0 unspecified atom stereocenters. The first kappa shape index (κ1) is 11.6. The molecule has 0 spiro atoms. The molecule has 0 aromatic carbocycles. The number of ether oxygens (including phenoxy) is 3. The average Bonchev–Trinajstić information content (AvgIpc) is 2.52. The maximum Gasteiger partial charge on any atom is 0.333 e. The summed E-state index contributed by atoms with van der Waals surface area (Å²) < 4.78 is 15.8. The van der Waals surface area contributed by atoms with Crippen molar-refractivity contribution in [2.45, 2.75) is 44.4 Å². The van der Waals surface area contributed by atoms with Crippen molar-refractivity contribution in [3.63, 3.8) is 0 Å². The fourth-order valence-electron chi connectivity index (χ4n) is 2.13. The van der Waals surface area contributed by atoms with Gasteiger partial charge in [-0.25, -0.2) is 4.79 Å². The van der Waals surface area contributed by atoms with Crippen LogP contribution in [-0.2, 0) is 19.0 Å². The van der Waals surface area contributed by atoms with Crippen molar-refractivity contribution in [3.8, 4) is 0 Å². The fourth-order valence-corrected chi connectivity index (χ4v) is 2.13. The minimum atomic E-state index is -0.731. The second-order valence-corrected chi connectivity index (χ2v) is 4.52. The molecule has 0 amide bonds. The van der Waals surface area contributed by atoms with Gasteiger partial charge in [-0.3, -0.25) is 0 Å². The fraction of sp³-hybridized carbons (Fsp3) is 0.727. The Hall–Kier alpha value is -0.910. The van der Waals surface area contributed by atoms with Crippen LogP contribution in [0.2, 0.25) is 0 Å². The third-order valence-corrected chi connectivity index (χ3v) is 2.78. The highest BCUT2D eigenvalue weighted by Crippen LogP contribution is 2.36. The summed E-state index contributed by atoms with van der Waals surface area (Å²) in [6, 6.07) is 0. The third kappa shape index (κ3) is 1.98. The number of aliphatic hydroxyl groups is 1. The number of esters is 1. The highest BCUT2D eigenvalue weighted by atomic mass is 16.8. The van der Waals surface area contributed by atoms with Gasteiger partial charge in [0.2, 0.25) is 0 Å². The van der Waals surface area contributed by atoms with Crippen LogP contribution in [0.5, 0.6) is 0 Å². The lowest BCUT2D eigenvalue weighted by Gasteiger charge is -2.26. The number of rotatable bonds is 1. The van der Waals surface area contributed by atoms with E-state index in [0.717, 1.165) is 0 Å². The van der Waals surface area contributed by atoms with Crippen molar-refractivity contribution < 1.29 is 24.1 Å². The van der Waals surface area contributed by atoms with Crippen LogP contribution in [0.25, 0.3) is 0 Å². The van der Waals surface area contributed by atoms with Gasteiger partial charge in [0.05, 0.1) is 13.2 Å². The lowest BCUT2D eigenvalue weighted by Crippen LogP contribution is -2.39. The van der Waals surface area contributed by atoms with Gasteiger partial charge in [-0.2, -0.15) is 0 Å². The average molecular weight is 228 g/mol. The van der Waals surface area contributed by atoms with Gasteiger partial charge in [0.1, 0.15) is 12.2 Å². The third-order valence-electron chi connectivity index (χ3n) is 2.78. The van der Waals surface area contributed by atoms with E-state index in [0.29, 0.717) is 5.57 Å². The zero-order valence-electron chi connectivity index (χ0n) is 9.60. The molecule has 1 aliphatic heterocycles. The molecule has 0 radical (unpaired) electrons. The van der Waals surface area contributed by atoms with Crippen LogP contribution in [0.15, 0.2) is 11.6 Å². The molecule has 90 valence electrons. The molecule has 0 aromatic rings. The number of aliphatic hydroxyl groups excluding tert-OH is 1. The molecule has 0 saturated carbocycles. The van der Waals surface area contributed by atoms with E-state index < -0.39 is 24.0 Å². The van der Waals surface area contributed by atoms with Crippen LogP contribution in [0.3, 0.4) is 0 Å². The molecule has 1 aliphatic carbocycles. The number of methoxy groups -OCH3 is 1. The van der Waals surface area contributed by atoms with Gasteiger partial charge in [-0.15, -0.1) is 0 Å². The van der Waals surface area contributed by atoms with Crippen LogP contribution in [-0.4, -0.2) is 42.3 Å². The van der Waals surface area contributed by atoms with E-state index >= 15 is 0 Å². The molecule has 16 heavy (non-hydrogen) atoms. The molecule has 1 heterocycles. The van der Waals surface area contributed by atoms with Crippen LogP contribution >= 0.6 is 0 Å². The minimum Gasteiger partial charge on any atom is -0.466 e. The smallest absolute Gasteiger partial charge is 0.333 e. The predicted octanol–water partition coefficient (Wildman–Crippen LogP) is 0.370. The zero-order chi connectivity index (χ0) is 11.9. The van der Waals surface area contributed by atoms with Gasteiger partial charge in [0.15, 0.2) is 5.79 Å². The number of carbonyl (C=O) groups is 1. The standard InChI is InChI=1S/C11H16O5/c1-11(2)15-8-5-6(10(13)14-3)4-7(12)9(8)16-11/h5,7-9,12H,4H2,1-3H3/t7-,8+,9-/m1/s1. The molecule has 0 bridgehead atoms. The molecule has 1 fully saturated rings. The highest BCUT2D eigenvalue weighted by Gasteiger charge is 2.46. The molecule has 1 N–H and O–H groups in total. The molecule has 0 aromatic heterocycles. The number of fused-ring (bicyclic) bond motifs is 1. The molecule has 3 atom stereocenters. The van der Waals surface area contributed by atoms with Crippen molar-refractivity contribution in [3.05, 3.63) is 11.6 Å². The number of carbonyl (C=O) groups excluding carboxylic acids is 1. The number of hydrogen-bond acceptors (Lipinski definition) is 5. The molecule has 5 heteroatoms. The summed E-state index contributed by atoms with van der Waals surface area (Å²) in [6.45, 7) is 3.56. The van der Waals surface area contributed by atoms with Crippen molar-refractivity contribution in [2.24, 2.45) is 0 Å². The molecular weight excluding hydrogens is 212 g/mol. The predicted molar refractivity (Wildman–Crippen MR) is 54.5 cm³/mol. The summed E-state index contributed by atoms with van der Waals surface area (Å²) in [5.41, 5.74) is 0.442. The van der Waals surface area contributed by atoms with Crippen LogP contribution in [0, 0.1) is 0 Å².